The fourth-order valence-corrected chi connectivity index (χ4v) is 1.86. The van der Waals surface area contributed by atoms with Gasteiger partial charge >= 0.3 is 0 Å². The molecule has 0 amide bonds. The summed E-state index contributed by atoms with van der Waals surface area (Å²) in [7, 11) is 1.62. The third-order valence-electron chi connectivity index (χ3n) is 3.28. The molecule has 1 fully saturated rings. The Hall–Kier alpha value is -1.14. The van der Waals surface area contributed by atoms with Crippen molar-refractivity contribution in [2.24, 2.45) is 0 Å². The molecule has 1 atom stereocenters. The standard InChI is InChI=1S/C16H25NO4/c1-19-8-9-20-11-15(18)12-21-16-6-2-13(3-7-16)10-17-14-4-5-14/h2-3,6-7,14-15,17-18H,4-5,8-12H2,1H3. The second-order valence-electron chi connectivity index (χ2n) is 5.33. The molecule has 0 aliphatic heterocycles. The van der Waals surface area contributed by atoms with Crippen molar-refractivity contribution >= 4 is 0 Å². The van der Waals surface area contributed by atoms with Crippen molar-refractivity contribution in [2.75, 3.05) is 33.5 Å². The summed E-state index contributed by atoms with van der Waals surface area (Å²) >= 11 is 0. The number of methoxy groups -OCH3 is 1. The third kappa shape index (κ3) is 6.91. The lowest BCUT2D eigenvalue weighted by atomic mass is 10.2. The van der Waals surface area contributed by atoms with Gasteiger partial charge in [0.25, 0.3) is 0 Å². The zero-order valence-electron chi connectivity index (χ0n) is 12.6. The second-order valence-corrected chi connectivity index (χ2v) is 5.33. The molecule has 1 aliphatic carbocycles. The molecule has 0 aromatic heterocycles. The normalized spacial score (nSPS) is 15.9. The molecule has 2 rings (SSSR count). The van der Waals surface area contributed by atoms with Gasteiger partial charge in [0, 0.05) is 19.7 Å². The lowest BCUT2D eigenvalue weighted by molar-refractivity contribution is -0.00419. The molecule has 118 valence electrons. The van der Waals surface area contributed by atoms with Gasteiger partial charge < -0.3 is 24.6 Å². The van der Waals surface area contributed by atoms with E-state index in [1.165, 1.54) is 18.4 Å². The Morgan fingerprint density at radius 1 is 1.19 bits per heavy atom. The Morgan fingerprint density at radius 2 is 1.95 bits per heavy atom. The molecule has 0 spiro atoms. The summed E-state index contributed by atoms with van der Waals surface area (Å²) in [5.41, 5.74) is 1.25. The highest BCUT2D eigenvalue weighted by Gasteiger charge is 2.19. The van der Waals surface area contributed by atoms with Crippen molar-refractivity contribution < 1.29 is 19.3 Å². The van der Waals surface area contributed by atoms with Gasteiger partial charge in [-0.1, -0.05) is 12.1 Å². The maximum Gasteiger partial charge on any atom is 0.119 e. The summed E-state index contributed by atoms with van der Waals surface area (Å²) in [6.45, 7) is 2.40. The number of hydrogen-bond acceptors (Lipinski definition) is 5. The maximum atomic E-state index is 9.72. The van der Waals surface area contributed by atoms with E-state index >= 15 is 0 Å². The van der Waals surface area contributed by atoms with Crippen LogP contribution in [0.15, 0.2) is 24.3 Å². The van der Waals surface area contributed by atoms with E-state index in [1.807, 2.05) is 24.3 Å². The minimum absolute atomic E-state index is 0.229. The van der Waals surface area contributed by atoms with Crippen molar-refractivity contribution in [1.82, 2.24) is 5.32 Å². The van der Waals surface area contributed by atoms with Crippen LogP contribution in [0.5, 0.6) is 5.75 Å². The van der Waals surface area contributed by atoms with Crippen LogP contribution >= 0.6 is 0 Å². The van der Waals surface area contributed by atoms with Gasteiger partial charge in [0.1, 0.15) is 18.5 Å². The molecule has 1 unspecified atom stereocenters. The highest BCUT2D eigenvalue weighted by Crippen LogP contribution is 2.20. The number of benzene rings is 1. The molecule has 1 aromatic rings. The van der Waals surface area contributed by atoms with Crippen molar-refractivity contribution in [3.05, 3.63) is 29.8 Å². The zero-order valence-corrected chi connectivity index (χ0v) is 12.6. The van der Waals surface area contributed by atoms with Crippen LogP contribution in [0, 0.1) is 0 Å². The number of hydrogen-bond donors (Lipinski definition) is 2. The molecule has 21 heavy (non-hydrogen) atoms. The van der Waals surface area contributed by atoms with Gasteiger partial charge in [-0.3, -0.25) is 0 Å². The fraction of sp³-hybridized carbons (Fsp3) is 0.625. The van der Waals surface area contributed by atoms with Crippen LogP contribution in [0.1, 0.15) is 18.4 Å². The molecule has 0 heterocycles. The average molecular weight is 295 g/mol. The number of ether oxygens (including phenoxy) is 3. The van der Waals surface area contributed by atoms with Crippen LogP contribution in [0.3, 0.4) is 0 Å². The molecule has 5 nitrogen and oxygen atoms in total. The largest absolute Gasteiger partial charge is 0.491 e. The van der Waals surface area contributed by atoms with Crippen LogP contribution < -0.4 is 10.1 Å². The summed E-state index contributed by atoms with van der Waals surface area (Å²) in [4.78, 5) is 0. The molecule has 1 aromatic carbocycles. The van der Waals surface area contributed by atoms with Crippen molar-refractivity contribution in [3.8, 4) is 5.75 Å². The first-order valence-corrected chi connectivity index (χ1v) is 7.48. The van der Waals surface area contributed by atoms with Gasteiger partial charge in [0.2, 0.25) is 0 Å². The lowest BCUT2D eigenvalue weighted by Crippen LogP contribution is -2.24. The van der Waals surface area contributed by atoms with Crippen LogP contribution in [0.2, 0.25) is 0 Å². The molecule has 2 N–H and O–H groups in total. The van der Waals surface area contributed by atoms with E-state index in [0.717, 1.165) is 12.3 Å². The second kappa shape index (κ2) is 9.00. The summed E-state index contributed by atoms with van der Waals surface area (Å²) in [5, 5.41) is 13.2. The molecular weight excluding hydrogens is 270 g/mol. The van der Waals surface area contributed by atoms with Gasteiger partial charge in [-0.25, -0.2) is 0 Å². The number of aliphatic hydroxyl groups is 1. The molecule has 0 radical (unpaired) electrons. The smallest absolute Gasteiger partial charge is 0.119 e. The number of rotatable bonds is 11. The van der Waals surface area contributed by atoms with Crippen LogP contribution in [0.25, 0.3) is 0 Å². The molecule has 0 bridgehead atoms. The molecular formula is C16H25NO4. The Labute approximate surface area is 126 Å². The van der Waals surface area contributed by atoms with Gasteiger partial charge in [-0.15, -0.1) is 0 Å². The predicted molar refractivity (Wildman–Crippen MR) is 80.5 cm³/mol. The summed E-state index contributed by atoms with van der Waals surface area (Å²) in [5.74, 6) is 0.765. The van der Waals surface area contributed by atoms with E-state index in [-0.39, 0.29) is 13.2 Å². The third-order valence-corrected chi connectivity index (χ3v) is 3.28. The first-order valence-electron chi connectivity index (χ1n) is 7.48. The SMILES string of the molecule is COCCOCC(O)COc1ccc(CNC2CC2)cc1. The van der Waals surface area contributed by atoms with E-state index in [1.54, 1.807) is 7.11 Å². The van der Waals surface area contributed by atoms with E-state index in [9.17, 15) is 5.11 Å². The van der Waals surface area contributed by atoms with Gasteiger partial charge in [-0.05, 0) is 30.5 Å². The predicted octanol–water partition coefficient (Wildman–Crippen LogP) is 1.34. The van der Waals surface area contributed by atoms with Crippen LogP contribution in [0.4, 0.5) is 0 Å². The first kappa shape index (κ1) is 16.2. The average Bonchev–Trinajstić information content (AvgIpc) is 3.33. The molecule has 1 aliphatic rings. The minimum atomic E-state index is -0.627. The topological polar surface area (TPSA) is 60.0 Å². The Bertz CT molecular complexity index is 392. The quantitative estimate of drug-likeness (QED) is 0.603. The molecule has 1 saturated carbocycles. The zero-order chi connectivity index (χ0) is 14.9. The lowest BCUT2D eigenvalue weighted by Gasteiger charge is -2.13. The first-order chi connectivity index (χ1) is 10.3. The Morgan fingerprint density at radius 3 is 2.62 bits per heavy atom. The minimum Gasteiger partial charge on any atom is -0.491 e. The monoisotopic (exact) mass is 295 g/mol. The van der Waals surface area contributed by atoms with Crippen LogP contribution in [-0.4, -0.2) is 50.8 Å². The summed E-state index contributed by atoms with van der Waals surface area (Å²) in [6, 6.07) is 8.68. The number of nitrogens with one attached hydrogen (secondary N) is 1. The van der Waals surface area contributed by atoms with Gasteiger partial charge in [0.15, 0.2) is 0 Å². The highest BCUT2D eigenvalue weighted by atomic mass is 16.5. The van der Waals surface area contributed by atoms with E-state index in [0.29, 0.717) is 19.3 Å². The van der Waals surface area contributed by atoms with Gasteiger partial charge in [0.05, 0.1) is 19.8 Å². The van der Waals surface area contributed by atoms with Crippen LogP contribution in [-0.2, 0) is 16.0 Å². The highest BCUT2D eigenvalue weighted by molar-refractivity contribution is 5.27. The Kier molecular flexibility index (Phi) is 6.95. The van der Waals surface area contributed by atoms with Crippen molar-refractivity contribution in [2.45, 2.75) is 31.5 Å². The van der Waals surface area contributed by atoms with E-state index in [2.05, 4.69) is 5.32 Å². The Balaban J connectivity index is 1.60. The van der Waals surface area contributed by atoms with E-state index in [4.69, 9.17) is 14.2 Å². The van der Waals surface area contributed by atoms with E-state index < -0.39 is 6.10 Å². The van der Waals surface area contributed by atoms with Crippen molar-refractivity contribution in [3.63, 3.8) is 0 Å². The summed E-state index contributed by atoms with van der Waals surface area (Å²) in [6.07, 6.45) is 1.97. The number of aliphatic hydroxyl groups excluding tert-OH is 1. The maximum absolute atomic E-state index is 9.72. The van der Waals surface area contributed by atoms with Crippen molar-refractivity contribution in [1.29, 1.82) is 0 Å². The van der Waals surface area contributed by atoms with Gasteiger partial charge in [-0.2, -0.15) is 0 Å². The summed E-state index contributed by atoms with van der Waals surface area (Å²) < 4.78 is 15.6. The molecule has 0 saturated heterocycles. The molecule has 5 heteroatoms. The fourth-order valence-electron chi connectivity index (χ4n) is 1.86.